The van der Waals surface area contributed by atoms with Gasteiger partial charge in [-0.05, 0) is 38.3 Å². The highest BCUT2D eigenvalue weighted by Gasteiger charge is 2.22. The first-order valence-electron chi connectivity index (χ1n) is 8.42. The molecule has 23 heavy (non-hydrogen) atoms. The maximum atomic E-state index is 11.8. The molecule has 1 aliphatic rings. The third-order valence-electron chi connectivity index (χ3n) is 3.93. The van der Waals surface area contributed by atoms with Crippen molar-refractivity contribution < 1.29 is 9.59 Å². The van der Waals surface area contributed by atoms with Gasteiger partial charge in [0.2, 0.25) is 5.91 Å². The first-order valence-corrected chi connectivity index (χ1v) is 8.42. The highest BCUT2D eigenvalue weighted by molar-refractivity contribution is 5.94. The van der Waals surface area contributed by atoms with Gasteiger partial charge in [0.1, 0.15) is 5.82 Å². The predicted octanol–water partition coefficient (Wildman–Crippen LogP) is 1.72. The molecule has 1 fully saturated rings. The predicted molar refractivity (Wildman–Crippen MR) is 90.5 cm³/mol. The van der Waals surface area contributed by atoms with E-state index >= 15 is 0 Å². The lowest BCUT2D eigenvalue weighted by molar-refractivity contribution is -0.121. The number of pyridine rings is 1. The second-order valence-corrected chi connectivity index (χ2v) is 5.87. The Kier molecular flexibility index (Phi) is 6.38. The fraction of sp³-hybridized carbons (Fsp3) is 0.588. The van der Waals surface area contributed by atoms with Crippen LogP contribution in [0.2, 0.25) is 0 Å². The van der Waals surface area contributed by atoms with Crippen molar-refractivity contribution in [2.75, 3.05) is 24.5 Å². The van der Waals surface area contributed by atoms with E-state index in [-0.39, 0.29) is 17.9 Å². The van der Waals surface area contributed by atoms with Gasteiger partial charge in [-0.3, -0.25) is 9.59 Å². The van der Waals surface area contributed by atoms with Crippen molar-refractivity contribution >= 4 is 17.6 Å². The number of carbonyl (C=O) groups is 2. The Morgan fingerprint density at radius 1 is 1.35 bits per heavy atom. The molecule has 1 atom stereocenters. The highest BCUT2D eigenvalue weighted by Crippen LogP contribution is 2.18. The summed E-state index contributed by atoms with van der Waals surface area (Å²) in [6, 6.07) is 3.85. The Morgan fingerprint density at radius 2 is 2.17 bits per heavy atom. The van der Waals surface area contributed by atoms with E-state index in [4.69, 9.17) is 0 Å². The third kappa shape index (κ3) is 4.94. The van der Waals surface area contributed by atoms with E-state index in [2.05, 4.69) is 20.5 Å². The lowest BCUT2D eigenvalue weighted by Crippen LogP contribution is -2.48. The zero-order valence-electron chi connectivity index (χ0n) is 14.0. The number of nitrogens with zero attached hydrogens (tertiary/aromatic N) is 2. The summed E-state index contributed by atoms with van der Waals surface area (Å²) in [6.45, 7) is 6.19. The van der Waals surface area contributed by atoms with Gasteiger partial charge in [-0.15, -0.1) is 0 Å². The lowest BCUT2D eigenvalue weighted by Gasteiger charge is -2.34. The quantitative estimate of drug-likeness (QED) is 0.837. The van der Waals surface area contributed by atoms with E-state index in [0.717, 1.165) is 38.2 Å². The molecule has 2 amide bonds. The number of piperidine rings is 1. The Morgan fingerprint density at radius 3 is 2.83 bits per heavy atom. The molecular weight excluding hydrogens is 292 g/mol. The zero-order valence-corrected chi connectivity index (χ0v) is 14.0. The maximum Gasteiger partial charge on any atom is 0.252 e. The van der Waals surface area contributed by atoms with Crippen LogP contribution in [0.3, 0.4) is 0 Å². The van der Waals surface area contributed by atoms with Crippen LogP contribution >= 0.6 is 0 Å². The van der Waals surface area contributed by atoms with Crippen LogP contribution in [0.25, 0.3) is 0 Å². The van der Waals surface area contributed by atoms with Crippen molar-refractivity contribution in [1.29, 1.82) is 0 Å². The summed E-state index contributed by atoms with van der Waals surface area (Å²) in [5.74, 6) is 0.876. The minimum Gasteiger partial charge on any atom is -0.355 e. The number of aromatic nitrogens is 1. The fourth-order valence-electron chi connectivity index (χ4n) is 2.80. The number of hydrogen-bond donors (Lipinski definition) is 2. The number of rotatable bonds is 6. The van der Waals surface area contributed by atoms with Crippen LogP contribution in [-0.4, -0.2) is 42.5 Å². The Labute approximate surface area is 137 Å². The summed E-state index contributed by atoms with van der Waals surface area (Å²) in [7, 11) is 0. The van der Waals surface area contributed by atoms with Crippen LogP contribution in [0.4, 0.5) is 5.82 Å². The molecule has 0 bridgehead atoms. The van der Waals surface area contributed by atoms with E-state index < -0.39 is 0 Å². The zero-order chi connectivity index (χ0) is 16.7. The molecule has 0 spiro atoms. The molecule has 1 saturated heterocycles. The van der Waals surface area contributed by atoms with Crippen LogP contribution in [0.15, 0.2) is 18.3 Å². The van der Waals surface area contributed by atoms with E-state index in [9.17, 15) is 9.59 Å². The lowest BCUT2D eigenvalue weighted by atomic mass is 10.1. The van der Waals surface area contributed by atoms with Gasteiger partial charge in [-0.25, -0.2) is 4.98 Å². The van der Waals surface area contributed by atoms with Crippen molar-refractivity contribution in [2.45, 2.75) is 45.6 Å². The Balaban J connectivity index is 1.95. The second kappa shape index (κ2) is 8.50. The molecule has 0 aromatic carbocycles. The van der Waals surface area contributed by atoms with E-state index in [1.54, 1.807) is 12.3 Å². The van der Waals surface area contributed by atoms with Gasteiger partial charge in [0.25, 0.3) is 5.91 Å². The van der Waals surface area contributed by atoms with Crippen LogP contribution in [0.1, 0.15) is 49.9 Å². The van der Waals surface area contributed by atoms with Crippen LogP contribution < -0.4 is 15.5 Å². The molecule has 2 rings (SSSR count). The first-order chi connectivity index (χ1) is 11.1. The summed E-state index contributed by atoms with van der Waals surface area (Å²) >= 11 is 0. The van der Waals surface area contributed by atoms with Crippen molar-refractivity contribution in [2.24, 2.45) is 0 Å². The molecule has 1 aromatic heterocycles. The summed E-state index contributed by atoms with van der Waals surface area (Å²) in [6.07, 6.45) is 5.08. The minimum atomic E-state index is -0.102. The van der Waals surface area contributed by atoms with Gasteiger partial charge in [0.05, 0.1) is 5.56 Å². The van der Waals surface area contributed by atoms with Crippen LogP contribution in [-0.2, 0) is 4.79 Å². The molecule has 0 radical (unpaired) electrons. The largest absolute Gasteiger partial charge is 0.355 e. The van der Waals surface area contributed by atoms with Crippen molar-refractivity contribution in [3.05, 3.63) is 23.9 Å². The van der Waals surface area contributed by atoms with Crippen molar-refractivity contribution in [3.63, 3.8) is 0 Å². The Bertz CT molecular complexity index is 530. The van der Waals surface area contributed by atoms with Crippen LogP contribution in [0, 0.1) is 0 Å². The summed E-state index contributed by atoms with van der Waals surface area (Å²) in [5.41, 5.74) is 0.570. The molecule has 0 aliphatic carbocycles. The van der Waals surface area contributed by atoms with Crippen molar-refractivity contribution in [1.82, 2.24) is 15.6 Å². The first kappa shape index (κ1) is 17.2. The minimum absolute atomic E-state index is 0.102. The second-order valence-electron chi connectivity index (χ2n) is 5.87. The van der Waals surface area contributed by atoms with E-state index in [1.165, 1.54) is 0 Å². The third-order valence-corrected chi connectivity index (χ3v) is 3.93. The molecule has 6 heteroatoms. The fourth-order valence-corrected chi connectivity index (χ4v) is 2.80. The molecule has 6 nitrogen and oxygen atoms in total. The number of carbonyl (C=O) groups excluding carboxylic acids is 2. The van der Waals surface area contributed by atoms with E-state index in [1.807, 2.05) is 19.9 Å². The molecule has 0 saturated carbocycles. The van der Waals surface area contributed by atoms with Gasteiger partial charge in [-0.1, -0.05) is 6.92 Å². The summed E-state index contributed by atoms with van der Waals surface area (Å²) in [5, 5.41) is 5.85. The Hall–Kier alpha value is -2.11. The number of amides is 2. The molecular formula is C17H26N4O2. The molecule has 1 aliphatic heterocycles. The van der Waals surface area contributed by atoms with Crippen molar-refractivity contribution in [3.8, 4) is 0 Å². The molecule has 126 valence electrons. The molecule has 2 heterocycles. The average molecular weight is 318 g/mol. The molecule has 1 aromatic rings. The van der Waals surface area contributed by atoms with Gasteiger partial charge in [-0.2, -0.15) is 0 Å². The van der Waals surface area contributed by atoms with Gasteiger partial charge < -0.3 is 15.5 Å². The molecule has 1 unspecified atom stereocenters. The standard InChI is InChI=1S/C17H26N4O2/c1-3-6-16(22)20-14-7-5-10-21(12-14)15-9-8-13(11-19-15)17(23)18-4-2/h8-9,11,14H,3-7,10,12H2,1-2H3,(H,18,23)(H,20,22). The van der Waals surface area contributed by atoms with Crippen LogP contribution in [0.5, 0.6) is 0 Å². The topological polar surface area (TPSA) is 74.3 Å². The number of anilines is 1. The SMILES string of the molecule is CCCC(=O)NC1CCCN(c2ccc(C(=O)NCC)cn2)C1. The van der Waals surface area contributed by atoms with E-state index in [0.29, 0.717) is 18.5 Å². The normalized spacial score (nSPS) is 17.7. The summed E-state index contributed by atoms with van der Waals surface area (Å²) in [4.78, 5) is 30.1. The summed E-state index contributed by atoms with van der Waals surface area (Å²) < 4.78 is 0. The highest BCUT2D eigenvalue weighted by atomic mass is 16.2. The number of hydrogen-bond acceptors (Lipinski definition) is 4. The molecule has 2 N–H and O–H groups in total. The average Bonchev–Trinajstić information content (AvgIpc) is 2.56. The number of nitrogens with one attached hydrogen (secondary N) is 2. The van der Waals surface area contributed by atoms with Gasteiger partial charge >= 0.3 is 0 Å². The monoisotopic (exact) mass is 318 g/mol. The smallest absolute Gasteiger partial charge is 0.252 e. The maximum absolute atomic E-state index is 11.8. The van der Waals surface area contributed by atoms with Gasteiger partial charge in [0.15, 0.2) is 0 Å². The van der Waals surface area contributed by atoms with Gasteiger partial charge in [0, 0.05) is 38.3 Å².